The van der Waals surface area contributed by atoms with Crippen molar-refractivity contribution in [1.29, 1.82) is 0 Å². The number of hydrogen-bond acceptors (Lipinski definition) is 2. The van der Waals surface area contributed by atoms with Gasteiger partial charge in [0.15, 0.2) is 0 Å². The van der Waals surface area contributed by atoms with Crippen LogP contribution in [0.15, 0.2) is 24.3 Å². The van der Waals surface area contributed by atoms with Crippen LogP contribution in [0.5, 0.6) is 0 Å². The minimum atomic E-state index is -0.269. The average molecular weight is 273 g/mol. The molecule has 0 heterocycles. The number of aliphatic hydroxyl groups is 1. The van der Waals surface area contributed by atoms with Crippen LogP contribution in [0, 0.1) is 5.92 Å². The molecule has 1 aromatic rings. The maximum Gasteiger partial charge on any atom is 0.0677 e. The molecule has 0 aromatic heterocycles. The van der Waals surface area contributed by atoms with E-state index in [1.54, 1.807) is 0 Å². The van der Waals surface area contributed by atoms with Crippen molar-refractivity contribution in [3.05, 3.63) is 35.4 Å². The first-order valence-electron chi connectivity index (χ1n) is 8.24. The lowest BCUT2D eigenvalue weighted by Gasteiger charge is -2.45. The third kappa shape index (κ3) is 2.29. The zero-order valence-electron chi connectivity index (χ0n) is 12.4. The van der Waals surface area contributed by atoms with Crippen molar-refractivity contribution in [2.75, 3.05) is 6.54 Å². The third-order valence-corrected chi connectivity index (χ3v) is 5.65. The van der Waals surface area contributed by atoms with E-state index in [9.17, 15) is 5.11 Å². The molecular formula is C18H27NO. The van der Waals surface area contributed by atoms with Gasteiger partial charge in [-0.05, 0) is 49.1 Å². The quantitative estimate of drug-likeness (QED) is 0.888. The van der Waals surface area contributed by atoms with Gasteiger partial charge in [-0.3, -0.25) is 0 Å². The summed E-state index contributed by atoms with van der Waals surface area (Å²) >= 11 is 0. The lowest BCUT2D eigenvalue weighted by molar-refractivity contribution is 0.00757. The van der Waals surface area contributed by atoms with E-state index in [0.717, 1.165) is 19.3 Å². The summed E-state index contributed by atoms with van der Waals surface area (Å²) < 4.78 is 0. The van der Waals surface area contributed by atoms with Crippen LogP contribution in [0.4, 0.5) is 0 Å². The largest absolute Gasteiger partial charge is 0.392 e. The normalized spacial score (nSPS) is 28.9. The SMILES string of the molecule is NCC1(C(O)C2CCCCC2)CCCc2ccccc21. The van der Waals surface area contributed by atoms with Gasteiger partial charge in [0.2, 0.25) is 0 Å². The minimum absolute atomic E-state index is 0.198. The van der Waals surface area contributed by atoms with E-state index in [2.05, 4.69) is 24.3 Å². The fraction of sp³-hybridized carbons (Fsp3) is 0.667. The van der Waals surface area contributed by atoms with Crippen LogP contribution in [0.1, 0.15) is 56.1 Å². The number of benzene rings is 1. The second-order valence-electron chi connectivity index (χ2n) is 6.71. The van der Waals surface area contributed by atoms with Crippen LogP contribution in [-0.2, 0) is 11.8 Å². The Bertz CT molecular complexity index is 452. The van der Waals surface area contributed by atoms with Crippen LogP contribution in [0.2, 0.25) is 0 Å². The number of fused-ring (bicyclic) bond motifs is 1. The van der Waals surface area contributed by atoms with Crippen molar-refractivity contribution in [3.8, 4) is 0 Å². The van der Waals surface area contributed by atoms with Gasteiger partial charge < -0.3 is 10.8 Å². The van der Waals surface area contributed by atoms with Crippen LogP contribution in [0.3, 0.4) is 0 Å². The lowest BCUT2D eigenvalue weighted by Crippen LogP contribution is -2.51. The molecule has 1 aromatic carbocycles. The molecule has 2 heteroatoms. The van der Waals surface area contributed by atoms with Gasteiger partial charge in [-0.1, -0.05) is 43.5 Å². The predicted octanol–water partition coefficient (Wildman–Crippen LogP) is 3.16. The Kier molecular flexibility index (Phi) is 4.13. The fourth-order valence-electron chi connectivity index (χ4n) is 4.49. The molecule has 1 fully saturated rings. The highest BCUT2D eigenvalue weighted by molar-refractivity contribution is 5.38. The molecule has 2 nitrogen and oxygen atoms in total. The number of aryl methyl sites for hydroxylation is 1. The summed E-state index contributed by atoms with van der Waals surface area (Å²) in [5, 5.41) is 11.1. The Morgan fingerprint density at radius 3 is 2.65 bits per heavy atom. The summed E-state index contributed by atoms with van der Waals surface area (Å²) in [7, 11) is 0. The highest BCUT2D eigenvalue weighted by Gasteiger charge is 2.44. The Morgan fingerprint density at radius 1 is 1.15 bits per heavy atom. The summed E-state index contributed by atoms with van der Waals surface area (Å²) in [6.07, 6.45) is 9.26. The molecule has 2 atom stereocenters. The Balaban J connectivity index is 1.95. The molecule has 3 rings (SSSR count). The van der Waals surface area contributed by atoms with Gasteiger partial charge in [0.05, 0.1) is 6.10 Å². The second kappa shape index (κ2) is 5.87. The molecule has 0 aliphatic heterocycles. The average Bonchev–Trinajstić information content (AvgIpc) is 2.54. The second-order valence-corrected chi connectivity index (χ2v) is 6.71. The zero-order valence-corrected chi connectivity index (χ0v) is 12.4. The first-order valence-corrected chi connectivity index (χ1v) is 8.24. The van der Waals surface area contributed by atoms with Gasteiger partial charge in [0.1, 0.15) is 0 Å². The summed E-state index contributed by atoms with van der Waals surface area (Å²) in [5.41, 5.74) is 8.73. The van der Waals surface area contributed by atoms with Crippen LogP contribution < -0.4 is 5.73 Å². The summed E-state index contributed by atoms with van der Waals surface area (Å²) in [5.74, 6) is 0.443. The van der Waals surface area contributed by atoms with E-state index in [0.29, 0.717) is 12.5 Å². The van der Waals surface area contributed by atoms with Crippen molar-refractivity contribution in [1.82, 2.24) is 0 Å². The van der Waals surface area contributed by atoms with Gasteiger partial charge >= 0.3 is 0 Å². The minimum Gasteiger partial charge on any atom is -0.392 e. The highest BCUT2D eigenvalue weighted by atomic mass is 16.3. The predicted molar refractivity (Wildman–Crippen MR) is 82.7 cm³/mol. The molecule has 3 N–H and O–H groups in total. The molecule has 2 aliphatic carbocycles. The Hall–Kier alpha value is -0.860. The Morgan fingerprint density at radius 2 is 1.90 bits per heavy atom. The number of hydrogen-bond donors (Lipinski definition) is 2. The molecule has 0 spiro atoms. The molecule has 2 aliphatic rings. The summed E-state index contributed by atoms with van der Waals surface area (Å²) in [4.78, 5) is 0. The van der Waals surface area contributed by atoms with E-state index in [-0.39, 0.29) is 11.5 Å². The summed E-state index contributed by atoms with van der Waals surface area (Å²) in [6, 6.07) is 8.63. The maximum absolute atomic E-state index is 11.1. The van der Waals surface area contributed by atoms with Gasteiger partial charge in [-0.2, -0.15) is 0 Å². The van der Waals surface area contributed by atoms with Crippen LogP contribution in [-0.4, -0.2) is 17.8 Å². The number of nitrogens with two attached hydrogens (primary N) is 1. The van der Waals surface area contributed by atoms with Crippen LogP contribution >= 0.6 is 0 Å². The monoisotopic (exact) mass is 273 g/mol. The molecule has 1 saturated carbocycles. The molecule has 110 valence electrons. The number of rotatable bonds is 3. The Labute approximate surface area is 122 Å². The maximum atomic E-state index is 11.1. The van der Waals surface area contributed by atoms with E-state index >= 15 is 0 Å². The van der Waals surface area contributed by atoms with Crippen molar-refractivity contribution in [3.63, 3.8) is 0 Å². The molecule has 0 bridgehead atoms. The van der Waals surface area contributed by atoms with E-state index < -0.39 is 0 Å². The fourth-order valence-corrected chi connectivity index (χ4v) is 4.49. The zero-order chi connectivity index (χ0) is 14.0. The van der Waals surface area contributed by atoms with Crippen molar-refractivity contribution >= 4 is 0 Å². The molecule has 2 unspecified atom stereocenters. The van der Waals surface area contributed by atoms with Gasteiger partial charge in [-0.25, -0.2) is 0 Å². The van der Waals surface area contributed by atoms with Crippen LogP contribution in [0.25, 0.3) is 0 Å². The van der Waals surface area contributed by atoms with E-state index in [1.165, 1.54) is 43.2 Å². The standard InChI is InChI=1S/C18H27NO/c19-13-18(17(20)15-8-2-1-3-9-15)12-6-10-14-7-4-5-11-16(14)18/h4-5,7,11,15,17,20H,1-3,6,8-10,12-13,19H2. The number of aliphatic hydroxyl groups excluding tert-OH is 1. The molecular weight excluding hydrogens is 246 g/mol. The van der Waals surface area contributed by atoms with Gasteiger partial charge in [0, 0.05) is 12.0 Å². The van der Waals surface area contributed by atoms with Gasteiger partial charge in [0.25, 0.3) is 0 Å². The van der Waals surface area contributed by atoms with Crippen molar-refractivity contribution < 1.29 is 5.11 Å². The third-order valence-electron chi connectivity index (χ3n) is 5.65. The lowest BCUT2D eigenvalue weighted by atomic mass is 9.62. The molecule has 0 amide bonds. The van der Waals surface area contributed by atoms with Crippen molar-refractivity contribution in [2.24, 2.45) is 11.7 Å². The van der Waals surface area contributed by atoms with E-state index in [1.807, 2.05) is 0 Å². The molecule has 0 saturated heterocycles. The first-order chi connectivity index (χ1) is 9.78. The first kappa shape index (κ1) is 14.1. The van der Waals surface area contributed by atoms with Gasteiger partial charge in [-0.15, -0.1) is 0 Å². The topological polar surface area (TPSA) is 46.2 Å². The highest BCUT2D eigenvalue weighted by Crippen LogP contribution is 2.44. The van der Waals surface area contributed by atoms with E-state index in [4.69, 9.17) is 5.73 Å². The van der Waals surface area contributed by atoms with Crippen molar-refractivity contribution in [2.45, 2.75) is 62.9 Å². The molecule has 20 heavy (non-hydrogen) atoms. The summed E-state index contributed by atoms with van der Waals surface area (Å²) in [6.45, 7) is 0.571. The smallest absolute Gasteiger partial charge is 0.0677 e. The molecule has 0 radical (unpaired) electrons.